The van der Waals surface area contributed by atoms with E-state index in [0.29, 0.717) is 18.9 Å². The molecule has 5 nitrogen and oxygen atoms in total. The minimum atomic E-state index is -0.278. The minimum Gasteiger partial charge on any atom is -0.385 e. The lowest BCUT2D eigenvalue weighted by atomic mass is 10.0. The first-order valence-corrected chi connectivity index (χ1v) is 7.78. The number of ether oxygens (including phenoxy) is 1. The molecule has 2 fully saturated rings. The zero-order valence-corrected chi connectivity index (χ0v) is 12.6. The molecular weight excluding hydrogens is 256 g/mol. The van der Waals surface area contributed by atoms with Crippen LogP contribution in [0.3, 0.4) is 0 Å². The van der Waals surface area contributed by atoms with Crippen LogP contribution in [0, 0.1) is 5.92 Å². The van der Waals surface area contributed by atoms with E-state index in [1.165, 1.54) is 0 Å². The van der Waals surface area contributed by atoms with E-state index in [4.69, 9.17) is 4.74 Å². The number of carbonyl (C=O) groups excluding carboxylic acids is 2. The maximum absolute atomic E-state index is 12.5. The van der Waals surface area contributed by atoms with Crippen LogP contribution in [0.4, 0.5) is 0 Å². The van der Waals surface area contributed by atoms with Crippen molar-refractivity contribution in [2.75, 3.05) is 20.3 Å². The molecule has 0 bridgehead atoms. The fourth-order valence-corrected chi connectivity index (χ4v) is 2.91. The number of amides is 2. The molecule has 1 saturated heterocycles. The summed E-state index contributed by atoms with van der Waals surface area (Å²) in [4.78, 5) is 26.5. The van der Waals surface area contributed by atoms with E-state index in [1.54, 1.807) is 7.11 Å². The number of piperazine rings is 1. The van der Waals surface area contributed by atoms with Gasteiger partial charge in [0.05, 0.1) is 0 Å². The van der Waals surface area contributed by atoms with Crippen LogP contribution in [-0.4, -0.2) is 49.1 Å². The number of nitrogens with zero attached hydrogens (tertiary/aromatic N) is 1. The Hall–Kier alpha value is -1.10. The molecule has 0 aromatic rings. The van der Waals surface area contributed by atoms with Gasteiger partial charge in [-0.1, -0.05) is 6.92 Å². The van der Waals surface area contributed by atoms with E-state index in [1.807, 2.05) is 11.8 Å². The van der Waals surface area contributed by atoms with Gasteiger partial charge in [-0.25, -0.2) is 0 Å². The van der Waals surface area contributed by atoms with Crippen LogP contribution in [0.2, 0.25) is 0 Å². The zero-order chi connectivity index (χ0) is 14.5. The van der Waals surface area contributed by atoms with Crippen LogP contribution >= 0.6 is 0 Å². The van der Waals surface area contributed by atoms with E-state index < -0.39 is 0 Å². The summed E-state index contributed by atoms with van der Waals surface area (Å²) < 4.78 is 5.03. The molecule has 0 spiro atoms. The molecule has 5 heteroatoms. The van der Waals surface area contributed by atoms with Crippen LogP contribution in [0.5, 0.6) is 0 Å². The van der Waals surface area contributed by atoms with Gasteiger partial charge in [0, 0.05) is 20.3 Å². The summed E-state index contributed by atoms with van der Waals surface area (Å²) >= 11 is 0. The van der Waals surface area contributed by atoms with Crippen molar-refractivity contribution in [1.82, 2.24) is 10.2 Å². The number of methoxy groups -OCH3 is 1. The molecule has 0 radical (unpaired) electrons. The molecule has 1 saturated carbocycles. The van der Waals surface area contributed by atoms with Crippen molar-refractivity contribution in [3.63, 3.8) is 0 Å². The first-order chi connectivity index (χ1) is 9.69. The number of nitrogens with one attached hydrogen (secondary N) is 1. The molecule has 1 aliphatic heterocycles. The molecule has 1 aliphatic carbocycles. The van der Waals surface area contributed by atoms with Crippen LogP contribution < -0.4 is 5.32 Å². The van der Waals surface area contributed by atoms with Crippen LogP contribution in [0.25, 0.3) is 0 Å². The number of carbonyl (C=O) groups is 2. The average molecular weight is 282 g/mol. The molecule has 2 unspecified atom stereocenters. The summed E-state index contributed by atoms with van der Waals surface area (Å²) in [5, 5.41) is 2.92. The van der Waals surface area contributed by atoms with E-state index in [0.717, 1.165) is 38.7 Å². The van der Waals surface area contributed by atoms with Gasteiger partial charge in [-0.3, -0.25) is 9.59 Å². The summed E-state index contributed by atoms with van der Waals surface area (Å²) in [7, 11) is 1.70. The number of unbranched alkanes of at least 4 members (excludes halogenated alkanes) is 2. The molecule has 0 aromatic heterocycles. The van der Waals surface area contributed by atoms with Crippen molar-refractivity contribution in [1.29, 1.82) is 0 Å². The molecule has 1 N–H and O–H groups in total. The second kappa shape index (κ2) is 7.07. The highest BCUT2D eigenvalue weighted by Crippen LogP contribution is 2.35. The fourth-order valence-electron chi connectivity index (χ4n) is 2.91. The summed E-state index contributed by atoms with van der Waals surface area (Å²) in [6.07, 6.45) is 5.80. The van der Waals surface area contributed by atoms with E-state index in [2.05, 4.69) is 5.32 Å². The Bertz CT molecular complexity index is 355. The second-order valence-electron chi connectivity index (χ2n) is 5.83. The fraction of sp³-hybridized carbons (Fsp3) is 0.867. The summed E-state index contributed by atoms with van der Waals surface area (Å²) in [6, 6.07) is -0.538. The van der Waals surface area contributed by atoms with E-state index in [-0.39, 0.29) is 23.9 Å². The topological polar surface area (TPSA) is 58.6 Å². The lowest BCUT2D eigenvalue weighted by Gasteiger charge is -2.39. The summed E-state index contributed by atoms with van der Waals surface area (Å²) in [5.74, 6) is 0.534. The van der Waals surface area contributed by atoms with Gasteiger partial charge < -0.3 is 15.0 Å². The molecule has 2 atom stereocenters. The molecule has 20 heavy (non-hydrogen) atoms. The molecule has 2 amide bonds. The maximum Gasteiger partial charge on any atom is 0.246 e. The van der Waals surface area contributed by atoms with Crippen LogP contribution in [0.15, 0.2) is 0 Å². The summed E-state index contributed by atoms with van der Waals surface area (Å²) in [5.41, 5.74) is 0. The Balaban J connectivity index is 1.90. The van der Waals surface area contributed by atoms with Crippen molar-refractivity contribution < 1.29 is 14.3 Å². The van der Waals surface area contributed by atoms with Crippen molar-refractivity contribution in [3.8, 4) is 0 Å². The second-order valence-corrected chi connectivity index (χ2v) is 5.83. The van der Waals surface area contributed by atoms with Crippen molar-refractivity contribution >= 4 is 11.8 Å². The Kier molecular flexibility index (Phi) is 5.40. The third-order valence-corrected chi connectivity index (χ3v) is 4.25. The van der Waals surface area contributed by atoms with Gasteiger partial charge >= 0.3 is 0 Å². The van der Waals surface area contributed by atoms with Gasteiger partial charge in [0.2, 0.25) is 11.8 Å². The number of rotatable bonds is 8. The maximum atomic E-state index is 12.5. The Morgan fingerprint density at radius 3 is 2.60 bits per heavy atom. The molecule has 0 aromatic carbocycles. The third-order valence-electron chi connectivity index (χ3n) is 4.25. The standard InChI is InChI=1S/C15H26N2O3/c1-3-12-14(18)16-13(11-7-8-11)15(19)17(12)9-5-4-6-10-20-2/h11-13H,3-10H2,1-2H3,(H,16,18). The Morgan fingerprint density at radius 2 is 2.00 bits per heavy atom. The summed E-state index contributed by atoms with van der Waals surface area (Å²) in [6.45, 7) is 3.42. The highest BCUT2D eigenvalue weighted by atomic mass is 16.5. The van der Waals surface area contributed by atoms with E-state index >= 15 is 0 Å². The third kappa shape index (κ3) is 3.51. The highest BCUT2D eigenvalue weighted by Gasteiger charge is 2.45. The number of hydrogen-bond acceptors (Lipinski definition) is 3. The normalized spacial score (nSPS) is 26.8. The first-order valence-electron chi connectivity index (χ1n) is 7.78. The average Bonchev–Trinajstić information content (AvgIpc) is 3.26. The molecular formula is C15H26N2O3. The molecule has 114 valence electrons. The quantitative estimate of drug-likeness (QED) is 0.683. The van der Waals surface area contributed by atoms with Gasteiger partial charge in [0.15, 0.2) is 0 Å². The van der Waals surface area contributed by atoms with E-state index in [9.17, 15) is 9.59 Å². The van der Waals surface area contributed by atoms with Gasteiger partial charge in [-0.05, 0) is 44.4 Å². The molecule has 2 rings (SSSR count). The van der Waals surface area contributed by atoms with Gasteiger partial charge in [0.1, 0.15) is 12.1 Å². The van der Waals surface area contributed by atoms with Gasteiger partial charge in [-0.2, -0.15) is 0 Å². The predicted molar refractivity (Wildman–Crippen MR) is 76.2 cm³/mol. The Labute approximate surface area is 121 Å². The predicted octanol–water partition coefficient (Wildman–Crippen LogP) is 1.32. The van der Waals surface area contributed by atoms with Crippen LogP contribution in [-0.2, 0) is 14.3 Å². The van der Waals surface area contributed by atoms with Crippen molar-refractivity contribution in [3.05, 3.63) is 0 Å². The highest BCUT2D eigenvalue weighted by molar-refractivity contribution is 5.97. The Morgan fingerprint density at radius 1 is 1.25 bits per heavy atom. The smallest absolute Gasteiger partial charge is 0.246 e. The SMILES string of the molecule is CCC1C(=O)NC(C2CC2)C(=O)N1CCCCCOC. The zero-order valence-electron chi connectivity index (χ0n) is 12.6. The van der Waals surface area contributed by atoms with Gasteiger partial charge in [-0.15, -0.1) is 0 Å². The van der Waals surface area contributed by atoms with Crippen molar-refractivity contribution in [2.24, 2.45) is 5.92 Å². The van der Waals surface area contributed by atoms with Crippen molar-refractivity contribution in [2.45, 2.75) is 57.5 Å². The largest absolute Gasteiger partial charge is 0.385 e. The molecule has 1 heterocycles. The lowest BCUT2D eigenvalue weighted by molar-refractivity contribution is -0.150. The minimum absolute atomic E-state index is 0.0286. The van der Waals surface area contributed by atoms with Crippen LogP contribution in [0.1, 0.15) is 45.4 Å². The lowest BCUT2D eigenvalue weighted by Crippen LogP contribution is -2.63. The monoisotopic (exact) mass is 282 g/mol. The first kappa shape index (κ1) is 15.3. The number of hydrogen-bond donors (Lipinski definition) is 1. The molecule has 2 aliphatic rings. The van der Waals surface area contributed by atoms with Gasteiger partial charge in [0.25, 0.3) is 0 Å².